The molecule has 7 nitrogen and oxygen atoms in total. The zero-order valence-corrected chi connectivity index (χ0v) is 13.8. The SMILES string of the molecule is Cc1nn(CCC(=O)NC2CCc3ccccc32)c(C)c1[N+](=O)[O-]. The first-order valence-corrected chi connectivity index (χ1v) is 8.03. The summed E-state index contributed by atoms with van der Waals surface area (Å²) < 4.78 is 1.54. The van der Waals surface area contributed by atoms with E-state index >= 15 is 0 Å². The highest BCUT2D eigenvalue weighted by molar-refractivity contribution is 5.76. The average molecular weight is 328 g/mol. The maximum Gasteiger partial charge on any atom is 0.312 e. The van der Waals surface area contributed by atoms with E-state index < -0.39 is 4.92 Å². The summed E-state index contributed by atoms with van der Waals surface area (Å²) in [4.78, 5) is 22.8. The van der Waals surface area contributed by atoms with Crippen LogP contribution in [0.25, 0.3) is 0 Å². The topological polar surface area (TPSA) is 90.1 Å². The predicted octanol–water partition coefficient (Wildman–Crippen LogP) is 2.60. The van der Waals surface area contributed by atoms with Gasteiger partial charge in [0.2, 0.25) is 5.91 Å². The molecule has 1 amide bonds. The molecule has 1 atom stereocenters. The number of nitro groups is 1. The van der Waals surface area contributed by atoms with Gasteiger partial charge in [0.05, 0.1) is 17.5 Å². The first-order chi connectivity index (χ1) is 11.5. The fourth-order valence-electron chi connectivity index (χ4n) is 3.35. The summed E-state index contributed by atoms with van der Waals surface area (Å²) in [6.45, 7) is 3.60. The van der Waals surface area contributed by atoms with Crippen molar-refractivity contribution in [3.05, 3.63) is 56.9 Å². The summed E-state index contributed by atoms with van der Waals surface area (Å²) in [6.07, 6.45) is 2.14. The largest absolute Gasteiger partial charge is 0.349 e. The third-order valence-corrected chi connectivity index (χ3v) is 4.54. The number of carbonyl (C=O) groups is 1. The van der Waals surface area contributed by atoms with E-state index in [0.29, 0.717) is 17.9 Å². The number of aromatic nitrogens is 2. The molecule has 1 unspecified atom stereocenters. The summed E-state index contributed by atoms with van der Waals surface area (Å²) in [5.74, 6) is -0.0630. The standard InChI is InChI=1S/C17H20N4O3/c1-11-17(21(23)24)12(2)20(19-11)10-9-16(22)18-15-8-7-13-5-3-4-6-14(13)15/h3-6,15H,7-10H2,1-2H3,(H,18,22). The van der Waals surface area contributed by atoms with E-state index in [1.54, 1.807) is 13.8 Å². The van der Waals surface area contributed by atoms with Gasteiger partial charge in [-0.1, -0.05) is 24.3 Å². The second kappa shape index (κ2) is 6.43. The van der Waals surface area contributed by atoms with Crippen molar-refractivity contribution in [2.75, 3.05) is 0 Å². The highest BCUT2D eigenvalue weighted by Crippen LogP contribution is 2.30. The summed E-state index contributed by atoms with van der Waals surface area (Å²) in [7, 11) is 0. The van der Waals surface area contributed by atoms with Crippen LogP contribution in [0.4, 0.5) is 5.69 Å². The molecule has 24 heavy (non-hydrogen) atoms. The summed E-state index contributed by atoms with van der Waals surface area (Å²) >= 11 is 0. The Labute approximate surface area is 139 Å². The smallest absolute Gasteiger partial charge is 0.312 e. The number of carbonyl (C=O) groups excluding carboxylic acids is 1. The lowest BCUT2D eigenvalue weighted by Crippen LogP contribution is -2.28. The molecule has 2 aromatic rings. The van der Waals surface area contributed by atoms with Crippen molar-refractivity contribution >= 4 is 11.6 Å². The quantitative estimate of drug-likeness (QED) is 0.675. The van der Waals surface area contributed by atoms with Crippen LogP contribution in [0.1, 0.15) is 41.4 Å². The van der Waals surface area contributed by atoms with Gasteiger partial charge in [-0.3, -0.25) is 19.6 Å². The Hall–Kier alpha value is -2.70. The molecule has 0 radical (unpaired) electrons. The summed E-state index contributed by atoms with van der Waals surface area (Å²) in [6, 6.07) is 8.20. The van der Waals surface area contributed by atoms with Gasteiger partial charge in [0.1, 0.15) is 11.4 Å². The van der Waals surface area contributed by atoms with Gasteiger partial charge >= 0.3 is 5.69 Å². The number of nitrogens with one attached hydrogen (secondary N) is 1. The van der Waals surface area contributed by atoms with E-state index in [2.05, 4.69) is 22.5 Å². The van der Waals surface area contributed by atoms with Crippen LogP contribution in [0, 0.1) is 24.0 Å². The van der Waals surface area contributed by atoms with E-state index in [-0.39, 0.29) is 24.1 Å². The lowest BCUT2D eigenvalue weighted by molar-refractivity contribution is -0.386. The number of benzene rings is 1. The molecule has 0 fully saturated rings. The molecule has 0 saturated heterocycles. The Balaban J connectivity index is 1.61. The van der Waals surface area contributed by atoms with Crippen LogP contribution in [0.2, 0.25) is 0 Å². The number of hydrogen-bond donors (Lipinski definition) is 1. The minimum absolute atomic E-state index is 0.0279. The maximum atomic E-state index is 12.2. The molecule has 1 aliphatic rings. The van der Waals surface area contributed by atoms with Crippen molar-refractivity contribution in [1.29, 1.82) is 0 Å². The van der Waals surface area contributed by atoms with Crippen LogP contribution in [0.5, 0.6) is 0 Å². The first-order valence-electron chi connectivity index (χ1n) is 8.03. The van der Waals surface area contributed by atoms with Crippen molar-refractivity contribution in [3.8, 4) is 0 Å². The zero-order chi connectivity index (χ0) is 17.3. The normalized spacial score (nSPS) is 16.0. The van der Waals surface area contributed by atoms with Gasteiger partial charge in [-0.15, -0.1) is 0 Å². The van der Waals surface area contributed by atoms with Crippen LogP contribution in [-0.2, 0) is 17.8 Å². The van der Waals surface area contributed by atoms with Gasteiger partial charge in [-0.05, 0) is 37.8 Å². The van der Waals surface area contributed by atoms with Gasteiger partial charge in [0.15, 0.2) is 0 Å². The van der Waals surface area contributed by atoms with Gasteiger partial charge < -0.3 is 5.32 Å². The van der Waals surface area contributed by atoms with Crippen molar-refractivity contribution in [2.45, 2.75) is 45.7 Å². The monoisotopic (exact) mass is 328 g/mol. The molecule has 3 rings (SSSR count). The van der Waals surface area contributed by atoms with Crippen molar-refractivity contribution in [2.24, 2.45) is 0 Å². The summed E-state index contributed by atoms with van der Waals surface area (Å²) in [5.41, 5.74) is 3.36. The molecule has 0 aliphatic heterocycles. The Morgan fingerprint density at radius 2 is 2.17 bits per heavy atom. The van der Waals surface area contributed by atoms with Crippen LogP contribution in [-0.4, -0.2) is 20.6 Å². The summed E-state index contributed by atoms with van der Waals surface area (Å²) in [5, 5.41) is 18.2. The molecule has 1 aliphatic carbocycles. The number of rotatable bonds is 5. The highest BCUT2D eigenvalue weighted by atomic mass is 16.6. The Kier molecular flexibility index (Phi) is 4.33. The van der Waals surface area contributed by atoms with E-state index in [1.165, 1.54) is 15.8 Å². The molecule has 1 heterocycles. The second-order valence-electron chi connectivity index (χ2n) is 6.11. The second-order valence-corrected chi connectivity index (χ2v) is 6.11. The zero-order valence-electron chi connectivity index (χ0n) is 13.8. The average Bonchev–Trinajstić information content (AvgIpc) is 3.06. The molecule has 126 valence electrons. The van der Waals surface area contributed by atoms with Crippen LogP contribution < -0.4 is 5.32 Å². The molecule has 0 saturated carbocycles. The van der Waals surface area contributed by atoms with Crippen molar-refractivity contribution < 1.29 is 9.72 Å². The Bertz CT molecular complexity index is 797. The molecule has 0 bridgehead atoms. The van der Waals surface area contributed by atoms with E-state index in [9.17, 15) is 14.9 Å². The maximum absolute atomic E-state index is 12.2. The van der Waals surface area contributed by atoms with Crippen LogP contribution in [0.15, 0.2) is 24.3 Å². The molecule has 1 aromatic carbocycles. The fourth-order valence-corrected chi connectivity index (χ4v) is 3.35. The minimum atomic E-state index is -0.427. The number of aryl methyl sites for hydroxylation is 3. The third kappa shape index (κ3) is 3.02. The van der Waals surface area contributed by atoms with Crippen LogP contribution >= 0.6 is 0 Å². The predicted molar refractivity (Wildman–Crippen MR) is 88.6 cm³/mol. The first kappa shape index (κ1) is 16.2. The van der Waals surface area contributed by atoms with Gasteiger partial charge in [0.25, 0.3) is 0 Å². The molecule has 1 N–H and O–H groups in total. The number of fused-ring (bicyclic) bond motifs is 1. The minimum Gasteiger partial charge on any atom is -0.349 e. The molecule has 0 spiro atoms. The molecule has 7 heteroatoms. The van der Waals surface area contributed by atoms with Gasteiger partial charge in [-0.25, -0.2) is 0 Å². The van der Waals surface area contributed by atoms with Crippen molar-refractivity contribution in [3.63, 3.8) is 0 Å². The van der Waals surface area contributed by atoms with Gasteiger partial charge in [-0.2, -0.15) is 5.10 Å². The van der Waals surface area contributed by atoms with E-state index in [1.807, 2.05) is 12.1 Å². The fraction of sp³-hybridized carbons (Fsp3) is 0.412. The highest BCUT2D eigenvalue weighted by Gasteiger charge is 2.24. The number of amides is 1. The molecular weight excluding hydrogens is 308 g/mol. The van der Waals surface area contributed by atoms with Gasteiger partial charge in [0, 0.05) is 6.42 Å². The van der Waals surface area contributed by atoms with E-state index in [0.717, 1.165) is 12.8 Å². The number of hydrogen-bond acceptors (Lipinski definition) is 4. The lowest BCUT2D eigenvalue weighted by Gasteiger charge is -2.14. The number of nitrogens with zero attached hydrogens (tertiary/aromatic N) is 3. The molecule has 1 aromatic heterocycles. The van der Waals surface area contributed by atoms with E-state index in [4.69, 9.17) is 0 Å². The molecular formula is C17H20N4O3. The third-order valence-electron chi connectivity index (χ3n) is 4.54. The Morgan fingerprint density at radius 1 is 1.42 bits per heavy atom. The van der Waals surface area contributed by atoms with Crippen LogP contribution in [0.3, 0.4) is 0 Å². The Morgan fingerprint density at radius 3 is 2.88 bits per heavy atom. The lowest BCUT2D eigenvalue weighted by atomic mass is 10.1. The van der Waals surface area contributed by atoms with Crippen molar-refractivity contribution in [1.82, 2.24) is 15.1 Å².